The molecule has 8 nitrogen and oxygen atoms in total. The summed E-state index contributed by atoms with van der Waals surface area (Å²) in [6.45, 7) is 3.86. The van der Waals surface area contributed by atoms with E-state index in [1.54, 1.807) is 42.3 Å². The SMILES string of the molecule is COc1ccc(C2c3cnn(C(C)C)c3NC(=O)C2[N+](=O)[O-])cc1. The average Bonchev–Trinajstić information content (AvgIpc) is 2.97. The Balaban J connectivity index is 2.15. The Labute approximate surface area is 138 Å². The van der Waals surface area contributed by atoms with Crippen LogP contribution in [0.4, 0.5) is 5.82 Å². The number of nitro groups is 1. The van der Waals surface area contributed by atoms with E-state index in [1.165, 1.54) is 0 Å². The molecule has 1 aromatic carbocycles. The molecule has 1 amide bonds. The first-order chi connectivity index (χ1) is 11.4. The lowest BCUT2D eigenvalue weighted by Gasteiger charge is -2.27. The van der Waals surface area contributed by atoms with Crippen LogP contribution in [0.5, 0.6) is 5.75 Å². The Morgan fingerprint density at radius 1 is 1.33 bits per heavy atom. The molecular formula is C16H18N4O4. The van der Waals surface area contributed by atoms with E-state index in [4.69, 9.17) is 4.74 Å². The second-order valence-corrected chi connectivity index (χ2v) is 5.96. The smallest absolute Gasteiger partial charge is 0.301 e. The van der Waals surface area contributed by atoms with E-state index in [2.05, 4.69) is 10.4 Å². The van der Waals surface area contributed by atoms with Crippen molar-refractivity contribution in [2.24, 2.45) is 0 Å². The number of rotatable bonds is 4. The van der Waals surface area contributed by atoms with Crippen molar-refractivity contribution in [2.75, 3.05) is 12.4 Å². The van der Waals surface area contributed by atoms with Crippen LogP contribution < -0.4 is 10.1 Å². The van der Waals surface area contributed by atoms with Gasteiger partial charge in [0.1, 0.15) is 11.6 Å². The van der Waals surface area contributed by atoms with Crippen LogP contribution in [-0.4, -0.2) is 33.8 Å². The minimum atomic E-state index is -1.39. The zero-order valence-electron chi connectivity index (χ0n) is 13.6. The average molecular weight is 330 g/mol. The number of nitrogens with one attached hydrogen (secondary N) is 1. The van der Waals surface area contributed by atoms with Gasteiger partial charge in [-0.05, 0) is 31.5 Å². The molecule has 0 saturated carbocycles. The largest absolute Gasteiger partial charge is 0.497 e. The van der Waals surface area contributed by atoms with Crippen LogP contribution in [0.25, 0.3) is 0 Å². The van der Waals surface area contributed by atoms with Crippen LogP contribution in [0.15, 0.2) is 30.5 Å². The van der Waals surface area contributed by atoms with Crippen molar-refractivity contribution >= 4 is 11.7 Å². The number of carbonyl (C=O) groups excluding carboxylic acids is 1. The topological polar surface area (TPSA) is 99.3 Å². The molecule has 0 radical (unpaired) electrons. The summed E-state index contributed by atoms with van der Waals surface area (Å²) in [5, 5.41) is 18.4. The molecule has 0 fully saturated rings. The van der Waals surface area contributed by atoms with Gasteiger partial charge in [0.15, 0.2) is 0 Å². The first-order valence-corrected chi connectivity index (χ1v) is 7.59. The van der Waals surface area contributed by atoms with Gasteiger partial charge in [0.2, 0.25) is 0 Å². The van der Waals surface area contributed by atoms with Crippen LogP contribution >= 0.6 is 0 Å². The second kappa shape index (κ2) is 5.95. The third-order valence-electron chi connectivity index (χ3n) is 4.18. The second-order valence-electron chi connectivity index (χ2n) is 5.96. The standard InChI is InChI=1S/C16H18N4O4/c1-9(2)19-15-12(8-17-19)13(14(20(22)23)16(21)18-15)10-4-6-11(24-3)7-5-10/h4-9,13-14H,1-3H3,(H,18,21). The van der Waals surface area contributed by atoms with Crippen molar-refractivity contribution in [1.29, 1.82) is 0 Å². The molecule has 1 aliphatic rings. The highest BCUT2D eigenvalue weighted by atomic mass is 16.6. The Kier molecular flexibility index (Phi) is 3.96. The molecule has 24 heavy (non-hydrogen) atoms. The minimum absolute atomic E-state index is 0.0257. The fraction of sp³-hybridized carbons (Fsp3) is 0.375. The van der Waals surface area contributed by atoms with Gasteiger partial charge in [0, 0.05) is 16.5 Å². The van der Waals surface area contributed by atoms with E-state index >= 15 is 0 Å². The molecule has 126 valence electrons. The van der Waals surface area contributed by atoms with Crippen LogP contribution in [-0.2, 0) is 4.79 Å². The molecule has 8 heteroatoms. The summed E-state index contributed by atoms with van der Waals surface area (Å²) >= 11 is 0. The molecule has 0 aliphatic carbocycles. The normalized spacial score (nSPS) is 19.8. The number of anilines is 1. The lowest BCUT2D eigenvalue weighted by Crippen LogP contribution is -2.44. The Bertz CT molecular complexity index is 782. The molecular weight excluding hydrogens is 312 g/mol. The zero-order chi connectivity index (χ0) is 17.4. The summed E-state index contributed by atoms with van der Waals surface area (Å²) in [6.07, 6.45) is 1.60. The molecule has 2 heterocycles. The van der Waals surface area contributed by atoms with Gasteiger partial charge in [-0.2, -0.15) is 5.10 Å². The number of hydrogen-bond acceptors (Lipinski definition) is 5. The number of nitrogens with zero attached hydrogens (tertiary/aromatic N) is 3. The summed E-state index contributed by atoms with van der Waals surface area (Å²) in [5.41, 5.74) is 1.33. The lowest BCUT2D eigenvalue weighted by molar-refractivity contribution is -0.509. The lowest BCUT2D eigenvalue weighted by atomic mass is 9.83. The molecule has 0 saturated heterocycles. The quantitative estimate of drug-likeness (QED) is 0.684. The van der Waals surface area contributed by atoms with Crippen LogP contribution in [0, 0.1) is 10.1 Å². The van der Waals surface area contributed by atoms with Gasteiger partial charge in [-0.1, -0.05) is 12.1 Å². The summed E-state index contributed by atoms with van der Waals surface area (Å²) in [7, 11) is 1.55. The summed E-state index contributed by atoms with van der Waals surface area (Å²) < 4.78 is 6.79. The highest BCUT2D eigenvalue weighted by molar-refractivity contribution is 5.97. The molecule has 2 atom stereocenters. The van der Waals surface area contributed by atoms with E-state index < -0.39 is 22.8 Å². The summed E-state index contributed by atoms with van der Waals surface area (Å²) in [6, 6.07) is 5.58. The van der Waals surface area contributed by atoms with E-state index in [0.29, 0.717) is 22.7 Å². The predicted molar refractivity (Wildman–Crippen MR) is 86.9 cm³/mol. The Hall–Kier alpha value is -2.90. The Morgan fingerprint density at radius 2 is 2.00 bits per heavy atom. The molecule has 0 spiro atoms. The fourth-order valence-corrected chi connectivity index (χ4v) is 3.03. The number of ether oxygens (including phenoxy) is 1. The predicted octanol–water partition coefficient (Wildman–Crippen LogP) is 2.20. The van der Waals surface area contributed by atoms with E-state index in [0.717, 1.165) is 0 Å². The molecule has 1 aliphatic heterocycles. The number of fused-ring (bicyclic) bond motifs is 1. The van der Waals surface area contributed by atoms with Gasteiger partial charge in [-0.25, -0.2) is 4.68 Å². The first-order valence-electron chi connectivity index (χ1n) is 7.59. The zero-order valence-corrected chi connectivity index (χ0v) is 13.6. The van der Waals surface area contributed by atoms with E-state index in [9.17, 15) is 14.9 Å². The number of hydrogen-bond donors (Lipinski definition) is 1. The van der Waals surface area contributed by atoms with Gasteiger partial charge in [0.25, 0.3) is 0 Å². The van der Waals surface area contributed by atoms with Gasteiger partial charge in [0.05, 0.1) is 19.2 Å². The van der Waals surface area contributed by atoms with Crippen LogP contribution in [0.2, 0.25) is 0 Å². The van der Waals surface area contributed by atoms with Gasteiger partial charge < -0.3 is 10.1 Å². The first kappa shape index (κ1) is 16.0. The molecule has 2 aromatic rings. The number of methoxy groups -OCH3 is 1. The molecule has 1 N–H and O–H groups in total. The van der Waals surface area contributed by atoms with E-state index in [1.807, 2.05) is 13.8 Å². The summed E-state index contributed by atoms with van der Waals surface area (Å²) in [4.78, 5) is 23.3. The van der Waals surface area contributed by atoms with Crippen molar-refractivity contribution < 1.29 is 14.5 Å². The van der Waals surface area contributed by atoms with Gasteiger partial charge in [-0.15, -0.1) is 0 Å². The van der Waals surface area contributed by atoms with Crippen molar-refractivity contribution in [3.8, 4) is 5.75 Å². The summed E-state index contributed by atoms with van der Waals surface area (Å²) in [5.74, 6) is -0.151. The van der Waals surface area contributed by atoms with Crippen molar-refractivity contribution in [1.82, 2.24) is 9.78 Å². The number of benzene rings is 1. The monoisotopic (exact) mass is 330 g/mol. The molecule has 1 aromatic heterocycles. The fourth-order valence-electron chi connectivity index (χ4n) is 3.03. The van der Waals surface area contributed by atoms with Crippen molar-refractivity contribution in [2.45, 2.75) is 31.8 Å². The van der Waals surface area contributed by atoms with Crippen LogP contribution in [0.1, 0.15) is 36.9 Å². The van der Waals surface area contributed by atoms with Crippen molar-refractivity contribution in [3.63, 3.8) is 0 Å². The number of aromatic nitrogens is 2. The highest BCUT2D eigenvalue weighted by Gasteiger charge is 2.47. The molecule has 3 rings (SSSR count). The van der Waals surface area contributed by atoms with Crippen molar-refractivity contribution in [3.05, 3.63) is 51.7 Å². The number of amides is 1. The third kappa shape index (κ3) is 2.49. The molecule has 0 bridgehead atoms. The van der Waals surface area contributed by atoms with E-state index in [-0.39, 0.29) is 6.04 Å². The van der Waals surface area contributed by atoms with Gasteiger partial charge >= 0.3 is 11.9 Å². The maximum absolute atomic E-state index is 12.4. The molecule has 2 unspecified atom stereocenters. The maximum Gasteiger partial charge on any atom is 0.301 e. The number of carbonyl (C=O) groups is 1. The Morgan fingerprint density at radius 3 is 2.54 bits per heavy atom. The highest BCUT2D eigenvalue weighted by Crippen LogP contribution is 2.39. The van der Waals surface area contributed by atoms with Crippen LogP contribution in [0.3, 0.4) is 0 Å². The third-order valence-corrected chi connectivity index (χ3v) is 4.18. The minimum Gasteiger partial charge on any atom is -0.497 e. The maximum atomic E-state index is 12.4. The van der Waals surface area contributed by atoms with Gasteiger partial charge in [-0.3, -0.25) is 14.9 Å².